The summed E-state index contributed by atoms with van der Waals surface area (Å²) in [5.41, 5.74) is 2.17. The molecule has 9 heteroatoms. The first-order valence-electron chi connectivity index (χ1n) is 12.1. The minimum atomic E-state index is -0.231. The van der Waals surface area contributed by atoms with Crippen molar-refractivity contribution in [2.75, 3.05) is 18.4 Å². The predicted octanol–water partition coefficient (Wildman–Crippen LogP) is 3.64. The molecule has 0 unspecified atom stereocenters. The molecule has 1 aromatic carbocycles. The van der Waals surface area contributed by atoms with Gasteiger partial charge in [0.25, 0.3) is 5.56 Å². The van der Waals surface area contributed by atoms with E-state index in [0.717, 1.165) is 43.1 Å². The molecule has 2 N–H and O–H groups in total. The monoisotopic (exact) mass is 484 g/mol. The maximum atomic E-state index is 13.3. The van der Waals surface area contributed by atoms with Crippen molar-refractivity contribution in [1.82, 2.24) is 24.8 Å². The lowest BCUT2D eigenvalue weighted by Crippen LogP contribution is -2.34. The van der Waals surface area contributed by atoms with Crippen LogP contribution < -0.4 is 20.9 Å². The zero-order valence-electron chi connectivity index (χ0n) is 20.4. The Labute approximate surface area is 208 Å². The van der Waals surface area contributed by atoms with Gasteiger partial charge >= 0.3 is 0 Å². The Morgan fingerprint density at radius 2 is 2.03 bits per heavy atom. The van der Waals surface area contributed by atoms with Gasteiger partial charge in [-0.15, -0.1) is 5.92 Å². The number of aromatic nitrogens is 4. The average molecular weight is 485 g/mol. The highest BCUT2D eigenvalue weighted by atomic mass is 16.5. The molecule has 0 atom stereocenters. The van der Waals surface area contributed by atoms with Gasteiger partial charge in [0.2, 0.25) is 5.95 Å². The van der Waals surface area contributed by atoms with Crippen LogP contribution in [0.5, 0.6) is 5.75 Å². The van der Waals surface area contributed by atoms with Crippen LogP contribution in [0.4, 0.5) is 11.6 Å². The highest BCUT2D eigenvalue weighted by molar-refractivity contribution is 5.77. The van der Waals surface area contributed by atoms with Crippen LogP contribution in [-0.4, -0.2) is 38.7 Å². The van der Waals surface area contributed by atoms with E-state index in [1.807, 2.05) is 31.2 Å². The summed E-state index contributed by atoms with van der Waals surface area (Å²) in [5, 5.41) is 7.29. The molecule has 3 aromatic heterocycles. The van der Waals surface area contributed by atoms with Gasteiger partial charge in [-0.2, -0.15) is 4.98 Å². The van der Waals surface area contributed by atoms with Crippen molar-refractivity contribution in [2.45, 2.75) is 45.8 Å². The molecule has 4 aromatic rings. The van der Waals surface area contributed by atoms with E-state index in [2.05, 4.69) is 37.4 Å². The van der Waals surface area contributed by atoms with Crippen molar-refractivity contribution in [3.05, 3.63) is 70.3 Å². The van der Waals surface area contributed by atoms with E-state index in [1.165, 1.54) is 6.39 Å². The van der Waals surface area contributed by atoms with E-state index in [4.69, 9.17) is 9.15 Å². The maximum Gasteiger partial charge on any atom is 0.268 e. The van der Waals surface area contributed by atoms with E-state index >= 15 is 0 Å². The Morgan fingerprint density at radius 1 is 1.22 bits per heavy atom. The van der Waals surface area contributed by atoms with Gasteiger partial charge in [0, 0.05) is 23.7 Å². The number of ether oxygens (including phenoxy) is 1. The second kappa shape index (κ2) is 10.6. The molecule has 36 heavy (non-hydrogen) atoms. The van der Waals surface area contributed by atoms with Crippen molar-refractivity contribution in [3.63, 3.8) is 0 Å². The summed E-state index contributed by atoms with van der Waals surface area (Å²) < 4.78 is 13.1. The smallest absolute Gasteiger partial charge is 0.268 e. The molecular formula is C27H28N6O3. The lowest BCUT2D eigenvalue weighted by molar-refractivity contribution is 0.162. The topological polar surface area (TPSA) is 107 Å². The fourth-order valence-electron chi connectivity index (χ4n) is 4.30. The number of anilines is 2. The first-order chi connectivity index (χ1) is 17.6. The van der Waals surface area contributed by atoms with Gasteiger partial charge in [0.05, 0.1) is 12.1 Å². The number of hydrogen-bond donors (Lipinski definition) is 2. The predicted molar refractivity (Wildman–Crippen MR) is 138 cm³/mol. The summed E-state index contributed by atoms with van der Waals surface area (Å²) in [6, 6.07) is 9.46. The second-order valence-corrected chi connectivity index (χ2v) is 8.59. The summed E-state index contributed by atoms with van der Waals surface area (Å²) in [4.78, 5) is 26.7. The van der Waals surface area contributed by atoms with Crippen molar-refractivity contribution in [1.29, 1.82) is 0 Å². The molecule has 5 rings (SSSR count). The minimum Gasteiger partial charge on any atom is -0.490 e. The molecule has 0 radical (unpaired) electrons. The van der Waals surface area contributed by atoms with Gasteiger partial charge < -0.3 is 19.8 Å². The lowest BCUT2D eigenvalue weighted by atomic mass is 10.1. The first-order valence-corrected chi connectivity index (χ1v) is 12.1. The van der Waals surface area contributed by atoms with Crippen LogP contribution in [0.3, 0.4) is 0 Å². The zero-order chi connectivity index (χ0) is 24.9. The molecule has 0 bridgehead atoms. The molecule has 0 amide bonds. The summed E-state index contributed by atoms with van der Waals surface area (Å²) in [7, 11) is 0. The summed E-state index contributed by atoms with van der Waals surface area (Å²) in [6.45, 7) is 5.88. The first kappa shape index (κ1) is 23.6. The van der Waals surface area contributed by atoms with Crippen molar-refractivity contribution in [3.8, 4) is 17.6 Å². The number of pyridine rings is 1. The molecule has 184 valence electrons. The second-order valence-electron chi connectivity index (χ2n) is 8.59. The summed E-state index contributed by atoms with van der Waals surface area (Å²) in [6.07, 6.45) is 6.02. The third-order valence-corrected chi connectivity index (χ3v) is 6.14. The Bertz CT molecular complexity index is 1470. The molecule has 9 nitrogen and oxygen atoms in total. The average Bonchev–Trinajstić information content (AvgIpc) is 3.36. The molecule has 1 saturated heterocycles. The van der Waals surface area contributed by atoms with Crippen molar-refractivity contribution in [2.24, 2.45) is 0 Å². The van der Waals surface area contributed by atoms with Crippen molar-refractivity contribution < 1.29 is 9.15 Å². The molecule has 1 fully saturated rings. The molecular weight excluding hydrogens is 456 g/mol. The van der Waals surface area contributed by atoms with E-state index in [-0.39, 0.29) is 18.2 Å². The molecule has 1 aliphatic rings. The van der Waals surface area contributed by atoms with Crippen LogP contribution >= 0.6 is 0 Å². The van der Waals surface area contributed by atoms with Crippen molar-refractivity contribution >= 4 is 22.7 Å². The number of hydrogen-bond acceptors (Lipinski definition) is 8. The number of fused-ring (bicyclic) bond motifs is 1. The van der Waals surface area contributed by atoms with Gasteiger partial charge in [-0.25, -0.2) is 9.97 Å². The van der Waals surface area contributed by atoms with Gasteiger partial charge in [0.15, 0.2) is 6.39 Å². The molecule has 0 saturated carbocycles. The van der Waals surface area contributed by atoms with E-state index in [9.17, 15) is 4.79 Å². The number of oxazole rings is 1. The fourth-order valence-corrected chi connectivity index (χ4v) is 4.30. The van der Waals surface area contributed by atoms with E-state index in [0.29, 0.717) is 34.7 Å². The molecule has 0 aliphatic carbocycles. The van der Waals surface area contributed by atoms with Gasteiger partial charge in [-0.05, 0) is 63.2 Å². The lowest BCUT2D eigenvalue weighted by Gasteiger charge is -2.23. The Balaban J connectivity index is 1.44. The quantitative estimate of drug-likeness (QED) is 0.383. The SMILES string of the molecule is CC#Cc1cc2cnc(Nc3ccc(OC4CCNCC4)cc3)nc2n(Cc2ncoc2CC)c1=O. The number of nitrogens with one attached hydrogen (secondary N) is 2. The number of piperidine rings is 1. The largest absolute Gasteiger partial charge is 0.490 e. The van der Waals surface area contributed by atoms with Gasteiger partial charge in [0.1, 0.15) is 29.0 Å². The normalized spacial score (nSPS) is 13.8. The van der Waals surface area contributed by atoms with Crippen LogP contribution in [0.2, 0.25) is 0 Å². The summed E-state index contributed by atoms with van der Waals surface area (Å²) >= 11 is 0. The van der Waals surface area contributed by atoms with E-state index < -0.39 is 0 Å². The number of rotatable bonds is 7. The molecule has 4 heterocycles. The Hall–Kier alpha value is -4.16. The minimum absolute atomic E-state index is 0.230. The molecule has 1 aliphatic heterocycles. The fraction of sp³-hybridized carbons (Fsp3) is 0.333. The maximum absolute atomic E-state index is 13.3. The third-order valence-electron chi connectivity index (χ3n) is 6.14. The van der Waals surface area contributed by atoms with Crippen LogP contribution in [0.1, 0.15) is 43.7 Å². The highest BCUT2D eigenvalue weighted by Crippen LogP contribution is 2.22. The van der Waals surface area contributed by atoms with Crippen LogP contribution in [0.25, 0.3) is 11.0 Å². The number of benzene rings is 1. The third kappa shape index (κ3) is 5.09. The standard InChI is InChI=1S/C27H28N6O3/c1-3-5-18-14-19-15-29-27(31-20-6-8-21(9-7-20)36-22-10-12-28-13-11-22)32-25(19)33(26(18)34)16-23-24(4-2)35-17-30-23/h6-9,14-15,17,22,28H,4,10-13,16H2,1-2H3,(H,29,31,32). The van der Waals surface area contributed by atoms with E-state index in [1.54, 1.807) is 23.8 Å². The Kier molecular flexibility index (Phi) is 6.96. The van der Waals surface area contributed by atoms with Crippen LogP contribution in [0, 0.1) is 11.8 Å². The summed E-state index contributed by atoms with van der Waals surface area (Å²) in [5.74, 6) is 7.66. The molecule has 0 spiro atoms. The Morgan fingerprint density at radius 3 is 2.78 bits per heavy atom. The van der Waals surface area contributed by atoms with Gasteiger partial charge in [-0.3, -0.25) is 9.36 Å². The highest BCUT2D eigenvalue weighted by Gasteiger charge is 2.16. The van der Waals surface area contributed by atoms with Gasteiger partial charge in [-0.1, -0.05) is 12.8 Å². The van der Waals surface area contributed by atoms with Crippen LogP contribution in [-0.2, 0) is 13.0 Å². The zero-order valence-corrected chi connectivity index (χ0v) is 20.4. The number of aryl methyl sites for hydroxylation is 1. The number of nitrogens with zero attached hydrogens (tertiary/aromatic N) is 4. The van der Waals surface area contributed by atoms with Crippen LogP contribution in [0.15, 0.2) is 52.1 Å².